The number of carbonyl (C=O) groups excluding carboxylic acids is 1. The van der Waals surface area contributed by atoms with Crippen molar-refractivity contribution in [2.24, 2.45) is 25.0 Å². The number of benzene rings is 2. The molecule has 5 aliphatic rings. The number of allylic oxidation sites excluding steroid dienone is 12. The van der Waals surface area contributed by atoms with E-state index in [4.69, 9.17) is 32.2 Å². The lowest BCUT2D eigenvalue weighted by Gasteiger charge is -2.10. The predicted molar refractivity (Wildman–Crippen MR) is 175 cm³/mol. The Hall–Kier alpha value is -5.53. The molecule has 5 heterocycles. The Kier molecular flexibility index (Phi) is 6.77. The fourth-order valence-electron chi connectivity index (χ4n) is 5.22. The molecule has 0 unspecified atom stereocenters. The van der Waals surface area contributed by atoms with E-state index in [1.54, 1.807) is 12.1 Å². The minimum atomic E-state index is -0.535. The number of Topliss-reactive ketones (excluding diaryl/α,β-unsaturated/α-hetero) is 1. The van der Waals surface area contributed by atoms with Gasteiger partial charge in [0.05, 0.1) is 56.5 Å². The van der Waals surface area contributed by atoms with Gasteiger partial charge in [-0.05, 0) is 96.2 Å². The molecule has 5 aliphatic heterocycles. The number of fused-ring (bicyclic) bond motifs is 4. The van der Waals surface area contributed by atoms with Crippen molar-refractivity contribution in [2.45, 2.75) is 0 Å². The van der Waals surface area contributed by atoms with Gasteiger partial charge in [-0.2, -0.15) is 4.99 Å². The van der Waals surface area contributed by atoms with Crippen LogP contribution in [0.3, 0.4) is 0 Å². The third-order valence-electron chi connectivity index (χ3n) is 7.23. The van der Waals surface area contributed by atoms with E-state index in [-0.39, 0.29) is 5.78 Å². The number of hydrogen-bond acceptors (Lipinski definition) is 8. The molecule has 7 rings (SSSR count). The molecule has 0 aromatic heterocycles. The van der Waals surface area contributed by atoms with Crippen molar-refractivity contribution < 1.29 is 9.90 Å². The number of isothiocyanates is 1. The summed E-state index contributed by atoms with van der Waals surface area (Å²) < 4.78 is 0. The average molecular weight is 576 g/mol. The number of rotatable bonds is 5. The number of hydrogen-bond donors (Lipinski definition) is 1. The lowest BCUT2D eigenvalue weighted by atomic mass is 9.97. The predicted octanol–water partition coefficient (Wildman–Crippen LogP) is 6.54. The molecule has 0 radical (unpaired) electrons. The molecule has 0 amide bonds. The van der Waals surface area contributed by atoms with E-state index in [1.165, 1.54) is 0 Å². The number of thiocarbonyl (C=S) groups is 1. The van der Waals surface area contributed by atoms with Crippen molar-refractivity contribution in [1.82, 2.24) is 0 Å². The van der Waals surface area contributed by atoms with Gasteiger partial charge >= 0.3 is 0 Å². The van der Waals surface area contributed by atoms with Crippen LogP contribution in [-0.4, -0.2) is 45.5 Å². The summed E-state index contributed by atoms with van der Waals surface area (Å²) in [6, 6.07) is 14.9. The lowest BCUT2D eigenvalue weighted by molar-refractivity contribution is 0.0903. The first-order chi connectivity index (χ1) is 21.1. The topological polar surface area (TPSA) is 99.1 Å². The molecule has 204 valence electrons. The Morgan fingerprint density at radius 1 is 0.674 bits per heavy atom. The van der Waals surface area contributed by atoms with Gasteiger partial charge in [-0.15, -0.1) is 0 Å². The smallest absolute Gasteiger partial charge is 0.188 e. The number of aliphatic hydroxyl groups excluding tert-OH is 1. The van der Waals surface area contributed by atoms with E-state index in [1.807, 2.05) is 97.2 Å². The summed E-state index contributed by atoms with van der Waals surface area (Å²) in [5, 5.41) is 11.7. The van der Waals surface area contributed by atoms with E-state index < -0.39 is 6.61 Å². The van der Waals surface area contributed by atoms with Crippen LogP contribution in [0.2, 0.25) is 0 Å². The minimum Gasteiger partial charge on any atom is -0.388 e. The zero-order valence-electron chi connectivity index (χ0n) is 22.6. The third kappa shape index (κ3) is 5.18. The summed E-state index contributed by atoms with van der Waals surface area (Å²) in [7, 11) is 0. The van der Waals surface area contributed by atoms with Crippen LogP contribution >= 0.6 is 12.2 Å². The van der Waals surface area contributed by atoms with E-state index in [0.717, 1.165) is 73.6 Å². The summed E-state index contributed by atoms with van der Waals surface area (Å²) in [6.07, 6.45) is 19.6. The molecule has 0 aliphatic carbocycles. The van der Waals surface area contributed by atoms with E-state index in [9.17, 15) is 9.90 Å². The Bertz CT molecular complexity index is 2030. The number of carbonyl (C=O) groups is 1. The fourth-order valence-corrected chi connectivity index (χ4v) is 5.32. The van der Waals surface area contributed by atoms with Gasteiger partial charge in [-0.3, -0.25) is 4.79 Å². The SMILES string of the molecule is O=C(CO)c1ccc(C2=C3C=CC(=N3)C=C3C=CC(=N3)C(c3ccc(N=C=S)cc3)=C3C=CC(=N3)C=C3C=CC2=N3)cc1. The third-order valence-corrected chi connectivity index (χ3v) is 7.32. The molecular weight excluding hydrogens is 554 g/mol. The van der Waals surface area contributed by atoms with Crippen LogP contribution in [-0.2, 0) is 0 Å². The summed E-state index contributed by atoms with van der Waals surface area (Å²) in [5.41, 5.74) is 10.8. The monoisotopic (exact) mass is 575 g/mol. The summed E-state index contributed by atoms with van der Waals surface area (Å²) in [4.78, 5) is 35.8. The van der Waals surface area contributed by atoms with E-state index in [2.05, 4.69) is 10.2 Å². The Morgan fingerprint density at radius 2 is 1.19 bits per heavy atom. The molecule has 0 saturated carbocycles. The molecular formula is C35H21N5O2S. The number of ketones is 1. The van der Waals surface area contributed by atoms with Gasteiger partial charge in [0.15, 0.2) is 5.78 Å². The highest BCUT2D eigenvalue weighted by Crippen LogP contribution is 2.33. The van der Waals surface area contributed by atoms with Crippen LogP contribution in [0.25, 0.3) is 11.1 Å². The van der Waals surface area contributed by atoms with Gasteiger partial charge in [-0.1, -0.05) is 36.4 Å². The maximum absolute atomic E-state index is 12.0. The molecule has 7 nitrogen and oxygen atoms in total. The Labute approximate surface area is 252 Å². The molecule has 0 saturated heterocycles. The van der Waals surface area contributed by atoms with Crippen molar-refractivity contribution in [1.29, 1.82) is 0 Å². The fraction of sp³-hybridized carbons (Fsp3) is 0.0286. The summed E-state index contributed by atoms with van der Waals surface area (Å²) >= 11 is 4.75. The van der Waals surface area contributed by atoms with E-state index >= 15 is 0 Å². The highest BCUT2D eigenvalue weighted by Gasteiger charge is 2.22. The van der Waals surface area contributed by atoms with Gasteiger partial charge in [0, 0.05) is 16.7 Å². The van der Waals surface area contributed by atoms with Gasteiger partial charge in [0.1, 0.15) is 6.61 Å². The maximum Gasteiger partial charge on any atom is 0.188 e. The normalized spacial score (nSPS) is 17.9. The highest BCUT2D eigenvalue weighted by atomic mass is 32.1. The van der Waals surface area contributed by atoms with Crippen LogP contribution in [0, 0.1) is 0 Å². The van der Waals surface area contributed by atoms with Crippen molar-refractivity contribution in [3.05, 3.63) is 149 Å². The molecule has 8 heteroatoms. The highest BCUT2D eigenvalue weighted by molar-refractivity contribution is 7.78. The zero-order chi connectivity index (χ0) is 29.3. The standard InChI is InChI=1S/C35H21N5O2S/c41-19-33(42)21-1-3-22(4-2-21)34-29-13-9-25(37-29)17-27-11-15-31(39-27)35(23-5-7-24(8-6-23)36-20-43)32-16-12-28(40-32)18-26-10-14-30(34)38-26/h1-18,41H,19H2. The van der Waals surface area contributed by atoms with Crippen LogP contribution in [0.1, 0.15) is 21.5 Å². The van der Waals surface area contributed by atoms with Crippen LogP contribution in [0.5, 0.6) is 0 Å². The lowest BCUT2D eigenvalue weighted by Crippen LogP contribution is -2.05. The van der Waals surface area contributed by atoms with Crippen LogP contribution in [0.4, 0.5) is 5.69 Å². The van der Waals surface area contributed by atoms with Crippen molar-refractivity contribution in [3.8, 4) is 0 Å². The first-order valence-electron chi connectivity index (χ1n) is 13.5. The second kappa shape index (κ2) is 11.0. The number of aliphatic imine (C=N–C) groups is 5. The van der Waals surface area contributed by atoms with Gasteiger partial charge < -0.3 is 5.11 Å². The molecule has 43 heavy (non-hydrogen) atoms. The summed E-state index contributed by atoms with van der Waals surface area (Å²) in [6.45, 7) is -0.535. The average Bonchev–Trinajstić information content (AvgIpc) is 3.85. The zero-order valence-corrected chi connectivity index (χ0v) is 23.4. The second-order valence-corrected chi connectivity index (χ2v) is 10.2. The second-order valence-electron chi connectivity index (χ2n) is 9.97. The van der Waals surface area contributed by atoms with Crippen molar-refractivity contribution in [2.75, 3.05) is 6.61 Å². The maximum atomic E-state index is 12.0. The Morgan fingerprint density at radius 3 is 1.67 bits per heavy atom. The quantitative estimate of drug-likeness (QED) is 0.249. The number of nitrogens with zero attached hydrogens (tertiary/aromatic N) is 5. The first-order valence-corrected chi connectivity index (χ1v) is 13.9. The van der Waals surface area contributed by atoms with Crippen LogP contribution < -0.4 is 0 Å². The molecule has 1 N–H and O–H groups in total. The molecule has 0 fully saturated rings. The van der Waals surface area contributed by atoms with Crippen molar-refractivity contribution in [3.63, 3.8) is 0 Å². The largest absolute Gasteiger partial charge is 0.388 e. The molecule has 8 bridgehead atoms. The van der Waals surface area contributed by atoms with Gasteiger partial charge in [0.2, 0.25) is 0 Å². The minimum absolute atomic E-state index is 0.332. The molecule has 2 aromatic rings. The summed E-state index contributed by atoms with van der Waals surface area (Å²) in [5.74, 6) is -0.332. The molecule has 2 aromatic carbocycles. The van der Waals surface area contributed by atoms with Gasteiger partial charge in [-0.25, -0.2) is 20.0 Å². The Balaban J connectivity index is 1.37. The first kappa shape index (κ1) is 26.4. The molecule has 0 atom stereocenters. The van der Waals surface area contributed by atoms with E-state index in [0.29, 0.717) is 5.56 Å². The van der Waals surface area contributed by atoms with Gasteiger partial charge in [0.25, 0.3) is 0 Å². The number of aliphatic hydroxyl groups is 1. The van der Waals surface area contributed by atoms with Crippen molar-refractivity contribution >= 4 is 62.8 Å². The molecule has 0 spiro atoms. The van der Waals surface area contributed by atoms with Crippen LogP contribution in [0.15, 0.2) is 157 Å².